The standard InChI is InChI=1S/C10H6F2N2/c11-9-4-7(2-1-3-13)8(6-14)5-10(9)12/h4-5H,3,13H2. The number of halogens is 2. The van der Waals surface area contributed by atoms with Crippen LogP contribution in [0.15, 0.2) is 12.1 Å². The lowest BCUT2D eigenvalue weighted by Crippen LogP contribution is -1.95. The molecule has 0 aromatic heterocycles. The van der Waals surface area contributed by atoms with Gasteiger partial charge in [0.15, 0.2) is 11.6 Å². The molecular weight excluding hydrogens is 186 g/mol. The number of nitriles is 1. The van der Waals surface area contributed by atoms with Crippen LogP contribution in [0.1, 0.15) is 11.1 Å². The Labute approximate surface area is 80.0 Å². The molecule has 14 heavy (non-hydrogen) atoms. The van der Waals surface area contributed by atoms with Crippen molar-refractivity contribution in [2.24, 2.45) is 5.73 Å². The van der Waals surface area contributed by atoms with Crippen LogP contribution < -0.4 is 5.73 Å². The molecule has 1 aromatic rings. The molecule has 0 saturated heterocycles. The number of hydrogen-bond acceptors (Lipinski definition) is 2. The summed E-state index contributed by atoms with van der Waals surface area (Å²) < 4.78 is 25.4. The summed E-state index contributed by atoms with van der Waals surface area (Å²) in [6.07, 6.45) is 0. The average Bonchev–Trinajstić information content (AvgIpc) is 2.19. The molecule has 1 aromatic carbocycles. The van der Waals surface area contributed by atoms with Crippen molar-refractivity contribution in [2.75, 3.05) is 6.54 Å². The van der Waals surface area contributed by atoms with E-state index in [2.05, 4.69) is 11.8 Å². The zero-order valence-electron chi connectivity index (χ0n) is 7.14. The molecule has 0 aliphatic rings. The van der Waals surface area contributed by atoms with Gasteiger partial charge < -0.3 is 5.73 Å². The Kier molecular flexibility index (Phi) is 3.17. The predicted molar refractivity (Wildman–Crippen MR) is 47.0 cm³/mol. The normalized spacial score (nSPS) is 8.71. The summed E-state index contributed by atoms with van der Waals surface area (Å²) in [6.45, 7) is 0.101. The van der Waals surface area contributed by atoms with Gasteiger partial charge in [0, 0.05) is 5.56 Å². The van der Waals surface area contributed by atoms with Gasteiger partial charge in [0.2, 0.25) is 0 Å². The van der Waals surface area contributed by atoms with Gasteiger partial charge >= 0.3 is 0 Å². The van der Waals surface area contributed by atoms with E-state index in [0.717, 1.165) is 12.1 Å². The van der Waals surface area contributed by atoms with Crippen LogP contribution in [0.3, 0.4) is 0 Å². The quantitative estimate of drug-likeness (QED) is 0.627. The van der Waals surface area contributed by atoms with Gasteiger partial charge in [-0.3, -0.25) is 0 Å². The van der Waals surface area contributed by atoms with Gasteiger partial charge in [0.1, 0.15) is 6.07 Å². The van der Waals surface area contributed by atoms with Gasteiger partial charge in [-0.05, 0) is 12.1 Å². The van der Waals surface area contributed by atoms with E-state index in [9.17, 15) is 8.78 Å². The number of nitrogens with zero attached hydrogens (tertiary/aromatic N) is 1. The minimum atomic E-state index is -1.06. The molecule has 0 aliphatic carbocycles. The molecule has 0 heterocycles. The summed E-state index contributed by atoms with van der Waals surface area (Å²) in [5.41, 5.74) is 5.27. The first kappa shape index (κ1) is 10.2. The molecule has 0 unspecified atom stereocenters. The monoisotopic (exact) mass is 192 g/mol. The first-order valence-electron chi connectivity index (χ1n) is 3.77. The van der Waals surface area contributed by atoms with E-state index < -0.39 is 11.6 Å². The Morgan fingerprint density at radius 1 is 1.21 bits per heavy atom. The smallest absolute Gasteiger partial charge is 0.160 e. The molecule has 0 fully saturated rings. The molecule has 2 N–H and O–H groups in total. The second-order valence-electron chi connectivity index (χ2n) is 2.43. The van der Waals surface area contributed by atoms with Crippen molar-refractivity contribution in [3.8, 4) is 17.9 Å². The van der Waals surface area contributed by atoms with Crippen molar-refractivity contribution < 1.29 is 8.78 Å². The Hall–Kier alpha value is -1.91. The first-order chi connectivity index (χ1) is 6.69. The van der Waals surface area contributed by atoms with Crippen LogP contribution >= 0.6 is 0 Å². The van der Waals surface area contributed by atoms with Crippen LogP contribution in [0.5, 0.6) is 0 Å². The van der Waals surface area contributed by atoms with Crippen molar-refractivity contribution in [3.63, 3.8) is 0 Å². The maximum atomic E-state index is 12.7. The molecule has 1 rings (SSSR count). The number of nitrogens with two attached hydrogens (primary N) is 1. The third kappa shape index (κ3) is 2.07. The number of rotatable bonds is 0. The van der Waals surface area contributed by atoms with Gasteiger partial charge in [-0.1, -0.05) is 11.8 Å². The van der Waals surface area contributed by atoms with Gasteiger partial charge in [-0.15, -0.1) is 0 Å². The maximum Gasteiger partial charge on any atom is 0.160 e. The highest BCUT2D eigenvalue weighted by atomic mass is 19.2. The van der Waals surface area contributed by atoms with Crippen molar-refractivity contribution >= 4 is 0 Å². The van der Waals surface area contributed by atoms with E-state index in [1.807, 2.05) is 0 Å². The number of benzene rings is 1. The van der Waals surface area contributed by atoms with E-state index in [4.69, 9.17) is 11.0 Å². The predicted octanol–water partition coefficient (Wildman–Crippen LogP) is 1.15. The fraction of sp³-hybridized carbons (Fsp3) is 0.100. The second kappa shape index (κ2) is 4.36. The van der Waals surface area contributed by atoms with Crippen molar-refractivity contribution in [2.45, 2.75) is 0 Å². The summed E-state index contributed by atoms with van der Waals surface area (Å²) in [5.74, 6) is 2.87. The topological polar surface area (TPSA) is 49.8 Å². The molecular formula is C10H6F2N2. The third-order valence-electron chi connectivity index (χ3n) is 1.51. The summed E-state index contributed by atoms with van der Waals surface area (Å²) in [5, 5.41) is 8.59. The lowest BCUT2D eigenvalue weighted by molar-refractivity contribution is 0.508. The minimum absolute atomic E-state index is 0.00449. The molecule has 0 bridgehead atoms. The highest BCUT2D eigenvalue weighted by Gasteiger charge is 2.07. The van der Waals surface area contributed by atoms with Gasteiger partial charge in [0.05, 0.1) is 12.1 Å². The van der Waals surface area contributed by atoms with Crippen LogP contribution in [-0.2, 0) is 0 Å². The fourth-order valence-corrected chi connectivity index (χ4v) is 0.889. The average molecular weight is 192 g/mol. The molecule has 0 aliphatic heterocycles. The maximum absolute atomic E-state index is 12.7. The van der Waals surface area contributed by atoms with Crippen molar-refractivity contribution in [3.05, 3.63) is 34.9 Å². The highest BCUT2D eigenvalue weighted by Crippen LogP contribution is 2.13. The van der Waals surface area contributed by atoms with E-state index in [1.165, 1.54) is 0 Å². The Morgan fingerprint density at radius 3 is 2.29 bits per heavy atom. The molecule has 0 amide bonds. The molecule has 4 heteroatoms. The van der Waals surface area contributed by atoms with Crippen molar-refractivity contribution in [1.29, 1.82) is 5.26 Å². The van der Waals surface area contributed by atoms with E-state index in [0.29, 0.717) is 0 Å². The Balaban J connectivity index is 3.29. The Bertz CT molecular complexity index is 450. The van der Waals surface area contributed by atoms with Crippen LogP contribution in [0.25, 0.3) is 0 Å². The van der Waals surface area contributed by atoms with Crippen molar-refractivity contribution in [1.82, 2.24) is 0 Å². The molecule has 70 valence electrons. The zero-order chi connectivity index (χ0) is 10.6. The lowest BCUT2D eigenvalue weighted by atomic mass is 10.1. The Morgan fingerprint density at radius 2 is 1.79 bits per heavy atom. The van der Waals surface area contributed by atoms with Crippen LogP contribution in [-0.4, -0.2) is 6.54 Å². The first-order valence-corrected chi connectivity index (χ1v) is 3.77. The molecule has 2 nitrogen and oxygen atoms in total. The van der Waals surface area contributed by atoms with Gasteiger partial charge in [-0.2, -0.15) is 5.26 Å². The van der Waals surface area contributed by atoms with E-state index in [-0.39, 0.29) is 17.7 Å². The molecule has 0 saturated carbocycles. The van der Waals surface area contributed by atoms with Crippen LogP contribution in [0.2, 0.25) is 0 Å². The van der Waals surface area contributed by atoms with Gasteiger partial charge in [-0.25, -0.2) is 8.78 Å². The highest BCUT2D eigenvalue weighted by molar-refractivity contribution is 5.48. The van der Waals surface area contributed by atoms with Crippen LogP contribution in [0, 0.1) is 34.8 Å². The summed E-state index contributed by atoms with van der Waals surface area (Å²) in [4.78, 5) is 0. The largest absolute Gasteiger partial charge is 0.320 e. The third-order valence-corrected chi connectivity index (χ3v) is 1.51. The molecule has 0 atom stereocenters. The lowest BCUT2D eigenvalue weighted by Gasteiger charge is -1.96. The summed E-state index contributed by atoms with van der Waals surface area (Å²) in [7, 11) is 0. The summed E-state index contributed by atoms with van der Waals surface area (Å²) >= 11 is 0. The number of hydrogen-bond donors (Lipinski definition) is 1. The fourth-order valence-electron chi connectivity index (χ4n) is 0.889. The molecule has 0 radical (unpaired) electrons. The minimum Gasteiger partial charge on any atom is -0.320 e. The van der Waals surface area contributed by atoms with Gasteiger partial charge in [0.25, 0.3) is 0 Å². The summed E-state index contributed by atoms with van der Waals surface area (Å²) in [6, 6.07) is 3.42. The van der Waals surface area contributed by atoms with E-state index in [1.54, 1.807) is 6.07 Å². The second-order valence-corrected chi connectivity index (χ2v) is 2.43. The molecule has 0 spiro atoms. The van der Waals surface area contributed by atoms with Crippen LogP contribution in [0.4, 0.5) is 8.78 Å². The SMILES string of the molecule is N#Cc1cc(F)c(F)cc1C#CCN. The zero-order valence-corrected chi connectivity index (χ0v) is 7.14. The van der Waals surface area contributed by atoms with E-state index >= 15 is 0 Å².